The van der Waals surface area contributed by atoms with Crippen molar-refractivity contribution in [2.24, 2.45) is 0 Å². The zero-order valence-corrected chi connectivity index (χ0v) is 11.9. The van der Waals surface area contributed by atoms with Crippen molar-refractivity contribution in [1.82, 2.24) is 10.2 Å². The van der Waals surface area contributed by atoms with Crippen LogP contribution < -0.4 is 5.32 Å². The van der Waals surface area contributed by atoms with Gasteiger partial charge in [0.1, 0.15) is 0 Å². The van der Waals surface area contributed by atoms with Crippen LogP contribution in [0.4, 0.5) is 0 Å². The molecule has 0 unspecified atom stereocenters. The Bertz CT molecular complexity index is 379. The Labute approximate surface area is 116 Å². The molecule has 2 rings (SSSR count). The van der Waals surface area contributed by atoms with Crippen LogP contribution in [-0.4, -0.2) is 37.0 Å². The van der Waals surface area contributed by atoms with Crippen molar-refractivity contribution in [3.8, 4) is 0 Å². The number of nitrogens with one attached hydrogen (secondary N) is 1. The van der Waals surface area contributed by atoms with E-state index in [1.807, 2.05) is 29.2 Å². The number of hydrogen-bond acceptors (Lipinski definition) is 2. The van der Waals surface area contributed by atoms with Gasteiger partial charge in [0.15, 0.2) is 0 Å². The summed E-state index contributed by atoms with van der Waals surface area (Å²) >= 11 is 3.39. The summed E-state index contributed by atoms with van der Waals surface area (Å²) in [5.41, 5.74) is 0.760. The zero-order valence-electron chi connectivity index (χ0n) is 9.49. The van der Waals surface area contributed by atoms with Gasteiger partial charge < -0.3 is 10.2 Å². The van der Waals surface area contributed by atoms with Crippen molar-refractivity contribution < 1.29 is 4.79 Å². The van der Waals surface area contributed by atoms with E-state index in [0.29, 0.717) is 0 Å². The fourth-order valence-corrected chi connectivity index (χ4v) is 2.25. The predicted octanol–water partition coefficient (Wildman–Crippen LogP) is 2.31. The van der Waals surface area contributed by atoms with Crippen molar-refractivity contribution in [2.45, 2.75) is 6.42 Å². The molecule has 0 radical (unpaired) electrons. The Kier molecular flexibility index (Phi) is 5.95. The van der Waals surface area contributed by atoms with E-state index in [0.717, 1.165) is 42.6 Å². The lowest BCUT2D eigenvalue weighted by atomic mass is 10.2. The lowest BCUT2D eigenvalue weighted by molar-refractivity contribution is 0.0766. The summed E-state index contributed by atoms with van der Waals surface area (Å²) in [6.45, 7) is 3.53. The van der Waals surface area contributed by atoms with Gasteiger partial charge in [-0.25, -0.2) is 0 Å². The average molecular weight is 320 g/mol. The van der Waals surface area contributed by atoms with Crippen LogP contribution in [0.1, 0.15) is 16.8 Å². The molecule has 1 N–H and O–H groups in total. The summed E-state index contributed by atoms with van der Waals surface area (Å²) in [6, 6.07) is 7.57. The molecule has 5 heteroatoms. The summed E-state index contributed by atoms with van der Waals surface area (Å²) < 4.78 is 0.950. The van der Waals surface area contributed by atoms with Crippen LogP contribution in [0.3, 0.4) is 0 Å². The fourth-order valence-electron chi connectivity index (χ4n) is 1.85. The van der Waals surface area contributed by atoms with Crippen LogP contribution in [-0.2, 0) is 0 Å². The van der Waals surface area contributed by atoms with Crippen LogP contribution in [0.2, 0.25) is 0 Å². The lowest BCUT2D eigenvalue weighted by Crippen LogP contribution is -2.34. The molecule has 17 heavy (non-hydrogen) atoms. The molecule has 1 heterocycles. The Morgan fingerprint density at radius 2 is 2.12 bits per heavy atom. The van der Waals surface area contributed by atoms with E-state index in [2.05, 4.69) is 21.2 Å². The van der Waals surface area contributed by atoms with Gasteiger partial charge in [-0.1, -0.05) is 22.0 Å². The number of benzene rings is 1. The van der Waals surface area contributed by atoms with Crippen LogP contribution in [0.15, 0.2) is 28.7 Å². The van der Waals surface area contributed by atoms with Crippen molar-refractivity contribution in [1.29, 1.82) is 0 Å². The van der Waals surface area contributed by atoms with E-state index in [4.69, 9.17) is 0 Å². The Balaban J connectivity index is 0.00000144. The van der Waals surface area contributed by atoms with Gasteiger partial charge in [0, 0.05) is 29.7 Å². The summed E-state index contributed by atoms with van der Waals surface area (Å²) in [5.74, 6) is 0.130. The normalized spacial score (nSPS) is 15.9. The third-order valence-corrected chi connectivity index (χ3v) is 3.19. The summed E-state index contributed by atoms with van der Waals surface area (Å²) in [6.07, 6.45) is 1.03. The minimum atomic E-state index is 0. The number of carbonyl (C=O) groups is 1. The number of hydrogen-bond donors (Lipinski definition) is 1. The molecule has 1 aliphatic heterocycles. The lowest BCUT2D eigenvalue weighted by Gasteiger charge is -2.19. The molecule has 3 nitrogen and oxygen atoms in total. The predicted molar refractivity (Wildman–Crippen MR) is 74.8 cm³/mol. The molecule has 94 valence electrons. The molecule has 1 amide bonds. The van der Waals surface area contributed by atoms with E-state index in [-0.39, 0.29) is 18.3 Å². The number of rotatable bonds is 1. The molecule has 1 aliphatic rings. The van der Waals surface area contributed by atoms with E-state index in [1.165, 1.54) is 0 Å². The average Bonchev–Trinajstić information content (AvgIpc) is 2.56. The molecule has 1 fully saturated rings. The van der Waals surface area contributed by atoms with E-state index < -0.39 is 0 Å². The van der Waals surface area contributed by atoms with Crippen molar-refractivity contribution >= 4 is 34.2 Å². The Hall–Kier alpha value is -0.580. The van der Waals surface area contributed by atoms with Crippen LogP contribution >= 0.6 is 28.3 Å². The fraction of sp³-hybridized carbons (Fsp3) is 0.417. The quantitative estimate of drug-likeness (QED) is 0.861. The van der Waals surface area contributed by atoms with Gasteiger partial charge in [0.25, 0.3) is 5.91 Å². The zero-order chi connectivity index (χ0) is 11.4. The highest BCUT2D eigenvalue weighted by atomic mass is 79.9. The van der Waals surface area contributed by atoms with Gasteiger partial charge in [-0.15, -0.1) is 12.4 Å². The Morgan fingerprint density at radius 1 is 1.29 bits per heavy atom. The second-order valence-corrected chi connectivity index (χ2v) is 4.82. The summed E-state index contributed by atoms with van der Waals surface area (Å²) in [4.78, 5) is 14.1. The van der Waals surface area contributed by atoms with Gasteiger partial charge in [0.2, 0.25) is 0 Å². The molecule has 1 aromatic carbocycles. The van der Waals surface area contributed by atoms with E-state index in [1.54, 1.807) is 0 Å². The second-order valence-electron chi connectivity index (χ2n) is 3.91. The highest BCUT2D eigenvalue weighted by molar-refractivity contribution is 9.10. The number of carbonyl (C=O) groups excluding carboxylic acids is 1. The first kappa shape index (κ1) is 14.5. The number of halogens is 2. The maximum atomic E-state index is 12.2. The van der Waals surface area contributed by atoms with Gasteiger partial charge in [-0.2, -0.15) is 0 Å². The topological polar surface area (TPSA) is 32.3 Å². The second kappa shape index (κ2) is 6.99. The molecule has 0 aromatic heterocycles. The summed E-state index contributed by atoms with van der Waals surface area (Å²) in [5, 5.41) is 3.29. The van der Waals surface area contributed by atoms with Crippen molar-refractivity contribution in [2.75, 3.05) is 26.2 Å². The molecule has 0 bridgehead atoms. The SMILES string of the molecule is Cl.O=C(c1cccc(Br)c1)N1CCCNCC1. The number of amides is 1. The van der Waals surface area contributed by atoms with Crippen molar-refractivity contribution in [3.63, 3.8) is 0 Å². The molecule has 1 aromatic rings. The van der Waals surface area contributed by atoms with E-state index in [9.17, 15) is 4.79 Å². The first-order chi connectivity index (χ1) is 7.77. The molecular weight excluding hydrogens is 304 g/mol. The Morgan fingerprint density at radius 3 is 2.88 bits per heavy atom. The maximum Gasteiger partial charge on any atom is 0.253 e. The van der Waals surface area contributed by atoms with Gasteiger partial charge in [-0.3, -0.25) is 4.79 Å². The van der Waals surface area contributed by atoms with Gasteiger partial charge in [-0.05, 0) is 31.2 Å². The molecule has 0 atom stereocenters. The molecule has 0 spiro atoms. The molecule has 0 aliphatic carbocycles. The molecule has 1 saturated heterocycles. The van der Waals surface area contributed by atoms with Crippen LogP contribution in [0.25, 0.3) is 0 Å². The van der Waals surface area contributed by atoms with Crippen LogP contribution in [0, 0.1) is 0 Å². The van der Waals surface area contributed by atoms with Gasteiger partial charge in [0.05, 0.1) is 0 Å². The minimum Gasteiger partial charge on any atom is -0.337 e. The largest absolute Gasteiger partial charge is 0.337 e. The van der Waals surface area contributed by atoms with Crippen LogP contribution in [0.5, 0.6) is 0 Å². The van der Waals surface area contributed by atoms with Crippen molar-refractivity contribution in [3.05, 3.63) is 34.3 Å². The minimum absolute atomic E-state index is 0. The number of nitrogens with zero attached hydrogens (tertiary/aromatic N) is 1. The standard InChI is InChI=1S/C12H15BrN2O.ClH/c13-11-4-1-3-10(9-11)12(16)15-7-2-5-14-6-8-15;/h1,3-4,9,14H,2,5-8H2;1H. The highest BCUT2D eigenvalue weighted by Crippen LogP contribution is 2.14. The first-order valence-corrected chi connectivity index (χ1v) is 6.32. The smallest absolute Gasteiger partial charge is 0.253 e. The maximum absolute atomic E-state index is 12.2. The first-order valence-electron chi connectivity index (χ1n) is 5.53. The van der Waals surface area contributed by atoms with Gasteiger partial charge >= 0.3 is 0 Å². The molecule has 0 saturated carbocycles. The third-order valence-electron chi connectivity index (χ3n) is 2.70. The monoisotopic (exact) mass is 318 g/mol. The third kappa shape index (κ3) is 3.98. The highest BCUT2D eigenvalue weighted by Gasteiger charge is 2.16. The molecular formula is C12H16BrClN2O. The van der Waals surface area contributed by atoms with E-state index >= 15 is 0 Å². The summed E-state index contributed by atoms with van der Waals surface area (Å²) in [7, 11) is 0.